The number of nitrogens with zero attached hydrogens (tertiary/aromatic N) is 1. The number of carboxylic acids is 1. The third-order valence-corrected chi connectivity index (χ3v) is 6.27. The summed E-state index contributed by atoms with van der Waals surface area (Å²) >= 11 is 0. The molecule has 0 spiro atoms. The van der Waals surface area contributed by atoms with Gasteiger partial charge in [0, 0.05) is 19.1 Å². The van der Waals surface area contributed by atoms with Crippen molar-refractivity contribution < 1.29 is 23.1 Å². The first-order chi connectivity index (χ1) is 9.40. The summed E-state index contributed by atoms with van der Waals surface area (Å²) in [6, 6.07) is -0.636. The second-order valence-electron chi connectivity index (χ2n) is 5.40. The van der Waals surface area contributed by atoms with Crippen LogP contribution in [0.25, 0.3) is 0 Å². The Balaban J connectivity index is 1.87. The van der Waals surface area contributed by atoms with Crippen molar-refractivity contribution >= 4 is 21.8 Å². The maximum Gasteiger partial charge on any atom is 0.317 e. The van der Waals surface area contributed by atoms with Crippen molar-refractivity contribution in [1.29, 1.82) is 0 Å². The number of aliphatic carboxylic acids is 1. The molecule has 2 aliphatic heterocycles. The highest BCUT2D eigenvalue weighted by molar-refractivity contribution is 7.92. The van der Waals surface area contributed by atoms with Crippen LogP contribution < -0.4 is 5.32 Å². The molecule has 0 radical (unpaired) electrons. The maximum atomic E-state index is 12.0. The number of carboxylic acid groups (broad SMARTS) is 1. The van der Waals surface area contributed by atoms with Crippen LogP contribution in [0.2, 0.25) is 0 Å². The van der Waals surface area contributed by atoms with Crippen molar-refractivity contribution in [1.82, 2.24) is 10.2 Å². The van der Waals surface area contributed by atoms with E-state index in [1.807, 2.05) is 0 Å². The molecule has 2 N–H and O–H groups in total. The number of rotatable bonds is 4. The first-order valence-electron chi connectivity index (χ1n) is 6.88. The van der Waals surface area contributed by atoms with Crippen molar-refractivity contribution in [3.63, 3.8) is 0 Å². The molecule has 0 aromatic rings. The minimum atomic E-state index is -3.07. The molecule has 2 saturated heterocycles. The minimum Gasteiger partial charge on any atom is -0.481 e. The highest BCUT2D eigenvalue weighted by Gasteiger charge is 2.34. The Morgan fingerprint density at radius 2 is 2.00 bits per heavy atom. The van der Waals surface area contributed by atoms with Gasteiger partial charge in [-0.25, -0.2) is 13.2 Å². The first-order valence-corrected chi connectivity index (χ1v) is 8.59. The largest absolute Gasteiger partial charge is 0.481 e. The lowest BCUT2D eigenvalue weighted by Gasteiger charge is -2.24. The fourth-order valence-corrected chi connectivity index (χ4v) is 4.67. The molecule has 2 amide bonds. The number of likely N-dealkylation sites (tertiary alicyclic amines) is 1. The number of amides is 2. The van der Waals surface area contributed by atoms with Gasteiger partial charge in [-0.05, 0) is 25.7 Å². The van der Waals surface area contributed by atoms with Crippen LogP contribution in [0.5, 0.6) is 0 Å². The van der Waals surface area contributed by atoms with E-state index in [9.17, 15) is 18.0 Å². The highest BCUT2D eigenvalue weighted by atomic mass is 32.2. The predicted octanol–water partition coefficient (Wildman–Crippen LogP) is 0.212. The van der Waals surface area contributed by atoms with Gasteiger partial charge in [0.2, 0.25) is 0 Å². The average molecular weight is 304 g/mol. The lowest BCUT2D eigenvalue weighted by atomic mass is 10.1. The van der Waals surface area contributed by atoms with Gasteiger partial charge in [-0.1, -0.05) is 0 Å². The molecule has 0 bridgehead atoms. The van der Waals surface area contributed by atoms with Crippen molar-refractivity contribution in [3.8, 4) is 0 Å². The van der Waals surface area contributed by atoms with E-state index in [0.29, 0.717) is 25.8 Å². The predicted molar refractivity (Wildman–Crippen MR) is 72.2 cm³/mol. The molecule has 2 rings (SSSR count). The van der Waals surface area contributed by atoms with E-state index in [1.54, 1.807) is 0 Å². The number of sulfone groups is 1. The molecule has 0 saturated carbocycles. The standard InChI is InChI=1S/C12H20N2O5S/c15-11(16)7-9-3-1-5-14(9)12(17)13-8-10-4-2-6-20(10,18)19/h9-10H,1-8H2,(H,13,17)(H,15,16). The summed E-state index contributed by atoms with van der Waals surface area (Å²) in [6.45, 7) is 0.651. The van der Waals surface area contributed by atoms with Gasteiger partial charge in [-0.15, -0.1) is 0 Å². The smallest absolute Gasteiger partial charge is 0.317 e. The molecule has 0 aliphatic carbocycles. The average Bonchev–Trinajstić information content (AvgIpc) is 2.92. The van der Waals surface area contributed by atoms with Crippen LogP contribution in [0.1, 0.15) is 32.1 Å². The molecular weight excluding hydrogens is 284 g/mol. The Bertz CT molecular complexity index is 490. The van der Waals surface area contributed by atoms with Gasteiger partial charge in [-0.3, -0.25) is 4.79 Å². The lowest BCUT2D eigenvalue weighted by molar-refractivity contribution is -0.137. The highest BCUT2D eigenvalue weighted by Crippen LogP contribution is 2.21. The molecule has 2 aliphatic rings. The Kier molecular flexibility index (Phi) is 4.52. The third kappa shape index (κ3) is 3.41. The zero-order valence-corrected chi connectivity index (χ0v) is 12.1. The Morgan fingerprint density at radius 1 is 1.25 bits per heavy atom. The van der Waals surface area contributed by atoms with Crippen LogP contribution in [0, 0.1) is 0 Å². The van der Waals surface area contributed by atoms with Gasteiger partial charge >= 0.3 is 12.0 Å². The summed E-state index contributed by atoms with van der Waals surface area (Å²) in [5.74, 6) is -0.730. The molecule has 0 aromatic carbocycles. The number of urea groups is 1. The van der Waals surface area contributed by atoms with Crippen LogP contribution in [0.3, 0.4) is 0 Å². The number of carbonyl (C=O) groups is 2. The maximum absolute atomic E-state index is 12.0. The zero-order chi connectivity index (χ0) is 14.8. The fourth-order valence-electron chi connectivity index (χ4n) is 2.91. The molecule has 2 fully saturated rings. The van der Waals surface area contributed by atoms with E-state index in [0.717, 1.165) is 6.42 Å². The molecule has 7 nitrogen and oxygen atoms in total. The molecule has 2 unspecified atom stereocenters. The summed E-state index contributed by atoms with van der Waals surface area (Å²) in [4.78, 5) is 24.3. The molecular formula is C12H20N2O5S. The molecule has 2 heterocycles. The quantitative estimate of drug-likeness (QED) is 0.773. The van der Waals surface area contributed by atoms with Gasteiger partial charge < -0.3 is 15.3 Å². The fraction of sp³-hybridized carbons (Fsp3) is 0.833. The van der Waals surface area contributed by atoms with Gasteiger partial charge in [0.25, 0.3) is 0 Å². The molecule has 8 heteroatoms. The topological polar surface area (TPSA) is 104 Å². The van der Waals surface area contributed by atoms with Crippen LogP contribution >= 0.6 is 0 Å². The van der Waals surface area contributed by atoms with E-state index in [1.165, 1.54) is 4.90 Å². The van der Waals surface area contributed by atoms with E-state index >= 15 is 0 Å². The monoisotopic (exact) mass is 304 g/mol. The Labute approximate surface area is 118 Å². The minimum absolute atomic E-state index is 0.0604. The van der Waals surface area contributed by atoms with Crippen LogP contribution in [-0.4, -0.2) is 60.6 Å². The van der Waals surface area contributed by atoms with Gasteiger partial charge in [0.15, 0.2) is 9.84 Å². The summed E-state index contributed by atoms with van der Waals surface area (Å²) in [5.41, 5.74) is 0. The molecule has 2 atom stereocenters. The zero-order valence-electron chi connectivity index (χ0n) is 11.2. The number of nitrogens with one attached hydrogen (secondary N) is 1. The Morgan fingerprint density at radius 3 is 2.60 bits per heavy atom. The van der Waals surface area contributed by atoms with Crippen molar-refractivity contribution in [2.24, 2.45) is 0 Å². The number of carbonyl (C=O) groups excluding carboxylic acids is 1. The SMILES string of the molecule is O=C(O)CC1CCCN1C(=O)NCC1CCCS1(=O)=O. The van der Waals surface area contributed by atoms with Crippen molar-refractivity contribution in [2.45, 2.75) is 43.4 Å². The molecule has 114 valence electrons. The van der Waals surface area contributed by atoms with Gasteiger partial charge in [0.1, 0.15) is 0 Å². The first kappa shape index (κ1) is 15.1. The van der Waals surface area contributed by atoms with E-state index in [-0.39, 0.29) is 30.8 Å². The lowest BCUT2D eigenvalue weighted by Crippen LogP contribution is -2.46. The normalized spacial score (nSPS) is 28.5. The summed E-state index contributed by atoms with van der Waals surface area (Å²) < 4.78 is 23.3. The van der Waals surface area contributed by atoms with Gasteiger partial charge in [-0.2, -0.15) is 0 Å². The third-order valence-electron chi connectivity index (χ3n) is 3.99. The van der Waals surface area contributed by atoms with Crippen LogP contribution in [-0.2, 0) is 14.6 Å². The van der Waals surface area contributed by atoms with Crippen molar-refractivity contribution in [3.05, 3.63) is 0 Å². The van der Waals surface area contributed by atoms with Crippen LogP contribution in [0.4, 0.5) is 4.79 Å². The van der Waals surface area contributed by atoms with E-state index in [4.69, 9.17) is 5.11 Å². The number of hydrogen-bond acceptors (Lipinski definition) is 4. The van der Waals surface area contributed by atoms with Crippen molar-refractivity contribution in [2.75, 3.05) is 18.8 Å². The second kappa shape index (κ2) is 5.99. The van der Waals surface area contributed by atoms with Gasteiger partial charge in [0.05, 0.1) is 17.4 Å². The summed E-state index contributed by atoms with van der Waals surface area (Å²) in [7, 11) is -3.07. The van der Waals surface area contributed by atoms with E-state index < -0.39 is 21.1 Å². The number of hydrogen-bond donors (Lipinski definition) is 2. The van der Waals surface area contributed by atoms with E-state index in [2.05, 4.69) is 5.32 Å². The second-order valence-corrected chi connectivity index (χ2v) is 7.81. The molecule has 0 aromatic heterocycles. The van der Waals surface area contributed by atoms with Crippen LogP contribution in [0.15, 0.2) is 0 Å². The summed E-state index contributed by atoms with van der Waals surface area (Å²) in [5, 5.41) is 11.0. The summed E-state index contributed by atoms with van der Waals surface area (Å²) in [6.07, 6.45) is 2.64. The Hall–Kier alpha value is -1.31. The molecule has 20 heavy (non-hydrogen) atoms.